The second-order valence-corrected chi connectivity index (χ2v) is 4.80. The normalized spacial score (nSPS) is 24.1. The zero-order valence-corrected chi connectivity index (χ0v) is 10.9. The van der Waals surface area contributed by atoms with Gasteiger partial charge in [-0.1, -0.05) is 5.16 Å². The summed E-state index contributed by atoms with van der Waals surface area (Å²) in [7, 11) is 4.34. The lowest BCUT2D eigenvalue weighted by atomic mass is 10.2. The summed E-state index contributed by atoms with van der Waals surface area (Å²) in [5.41, 5.74) is 5.40. The molecule has 0 aromatic carbocycles. The lowest BCUT2D eigenvalue weighted by Gasteiger charge is -2.37. The Morgan fingerprint density at radius 2 is 2.24 bits per heavy atom. The van der Waals surface area contributed by atoms with E-state index in [9.17, 15) is 0 Å². The molecule has 0 radical (unpaired) electrons. The summed E-state index contributed by atoms with van der Waals surface area (Å²) in [6.07, 6.45) is 1.55. The Morgan fingerprint density at radius 3 is 2.94 bits per heavy atom. The Morgan fingerprint density at radius 1 is 1.47 bits per heavy atom. The van der Waals surface area contributed by atoms with Crippen molar-refractivity contribution in [1.29, 1.82) is 0 Å². The van der Waals surface area contributed by atoms with E-state index in [1.54, 1.807) is 0 Å². The van der Waals surface area contributed by atoms with Crippen LogP contribution < -0.4 is 11.1 Å². The quantitative estimate of drug-likeness (QED) is 0.190. The molecule has 0 aromatic heterocycles. The molecule has 17 heavy (non-hydrogen) atoms. The van der Waals surface area contributed by atoms with E-state index in [1.807, 2.05) is 0 Å². The fourth-order valence-corrected chi connectivity index (χ4v) is 2.04. The van der Waals surface area contributed by atoms with Crippen molar-refractivity contribution in [2.24, 2.45) is 10.9 Å². The van der Waals surface area contributed by atoms with Crippen LogP contribution in [-0.4, -0.2) is 73.7 Å². The van der Waals surface area contributed by atoms with E-state index in [0.717, 1.165) is 39.1 Å². The van der Waals surface area contributed by atoms with Crippen molar-refractivity contribution in [1.82, 2.24) is 15.1 Å². The van der Waals surface area contributed by atoms with Crippen LogP contribution >= 0.6 is 0 Å². The number of piperazine rings is 1. The van der Waals surface area contributed by atoms with Gasteiger partial charge in [0.05, 0.1) is 0 Å². The molecule has 4 N–H and O–H groups in total. The number of rotatable bonds is 6. The molecule has 1 aliphatic heterocycles. The summed E-state index contributed by atoms with van der Waals surface area (Å²) in [5.74, 6) is 0.307. The van der Waals surface area contributed by atoms with Gasteiger partial charge in [-0.15, -0.1) is 0 Å². The highest BCUT2D eigenvalue weighted by Crippen LogP contribution is 2.04. The van der Waals surface area contributed by atoms with E-state index < -0.39 is 0 Å². The van der Waals surface area contributed by atoms with Crippen molar-refractivity contribution >= 4 is 5.84 Å². The number of nitrogens with two attached hydrogens (primary N) is 1. The molecule has 1 heterocycles. The molecule has 0 spiro atoms. The van der Waals surface area contributed by atoms with E-state index in [0.29, 0.717) is 18.3 Å². The topological polar surface area (TPSA) is 77.1 Å². The summed E-state index contributed by atoms with van der Waals surface area (Å²) >= 11 is 0. The van der Waals surface area contributed by atoms with Gasteiger partial charge in [-0.2, -0.15) is 0 Å². The molecule has 100 valence electrons. The summed E-state index contributed by atoms with van der Waals surface area (Å²) < 4.78 is 0. The van der Waals surface area contributed by atoms with Crippen LogP contribution in [0.4, 0.5) is 0 Å². The first-order valence-corrected chi connectivity index (χ1v) is 6.19. The first kappa shape index (κ1) is 14.2. The van der Waals surface area contributed by atoms with Gasteiger partial charge in [-0.25, -0.2) is 0 Å². The molecule has 6 nitrogen and oxygen atoms in total. The maximum atomic E-state index is 8.39. The average molecular weight is 243 g/mol. The molecule has 1 fully saturated rings. The Balaban J connectivity index is 2.09. The third kappa shape index (κ3) is 5.34. The lowest BCUT2D eigenvalue weighted by Crippen LogP contribution is -2.53. The number of amidine groups is 1. The first-order valence-electron chi connectivity index (χ1n) is 6.19. The van der Waals surface area contributed by atoms with Gasteiger partial charge in [-0.3, -0.25) is 4.90 Å². The zero-order chi connectivity index (χ0) is 12.7. The minimum atomic E-state index is 0.307. The number of hydrogen-bond donors (Lipinski definition) is 3. The number of likely N-dealkylation sites (N-methyl/N-ethyl adjacent to an activating group) is 2. The van der Waals surface area contributed by atoms with Gasteiger partial charge in [-0.05, 0) is 27.1 Å². The van der Waals surface area contributed by atoms with Gasteiger partial charge in [0.15, 0.2) is 0 Å². The molecular weight excluding hydrogens is 218 g/mol. The Kier molecular flexibility index (Phi) is 6.25. The van der Waals surface area contributed by atoms with Crippen molar-refractivity contribution in [3.63, 3.8) is 0 Å². The smallest absolute Gasteiger partial charge is 0.139 e. The molecule has 0 saturated carbocycles. The molecule has 0 aromatic rings. The number of oxime groups is 1. The monoisotopic (exact) mass is 243 g/mol. The highest BCUT2D eigenvalue weighted by atomic mass is 16.4. The third-order valence-electron chi connectivity index (χ3n) is 3.28. The van der Waals surface area contributed by atoms with Crippen molar-refractivity contribution in [2.75, 3.05) is 46.8 Å². The van der Waals surface area contributed by atoms with Gasteiger partial charge >= 0.3 is 0 Å². The average Bonchev–Trinajstić information content (AvgIpc) is 2.32. The maximum absolute atomic E-state index is 8.39. The molecular formula is C11H25N5O. The Labute approximate surface area is 103 Å². The SMILES string of the molecule is CN1CCN(C)C(CNCCCC(N)=NO)C1. The van der Waals surface area contributed by atoms with Crippen LogP contribution in [0.5, 0.6) is 0 Å². The van der Waals surface area contributed by atoms with E-state index in [1.165, 1.54) is 0 Å². The van der Waals surface area contributed by atoms with Crippen molar-refractivity contribution in [3.05, 3.63) is 0 Å². The van der Waals surface area contributed by atoms with Crippen LogP contribution in [-0.2, 0) is 0 Å². The Hall–Kier alpha value is -0.850. The van der Waals surface area contributed by atoms with Crippen LogP contribution in [0.1, 0.15) is 12.8 Å². The van der Waals surface area contributed by atoms with Gasteiger partial charge in [0, 0.05) is 38.6 Å². The molecule has 1 unspecified atom stereocenters. The van der Waals surface area contributed by atoms with Gasteiger partial charge < -0.3 is 21.2 Å². The number of nitrogens with zero attached hydrogens (tertiary/aromatic N) is 3. The predicted molar refractivity (Wildman–Crippen MR) is 69.4 cm³/mol. The highest BCUT2D eigenvalue weighted by Gasteiger charge is 2.21. The largest absolute Gasteiger partial charge is 0.409 e. The molecule has 6 heteroatoms. The molecule has 1 aliphatic rings. The highest BCUT2D eigenvalue weighted by molar-refractivity contribution is 5.79. The molecule has 0 aliphatic carbocycles. The predicted octanol–water partition coefficient (Wildman–Crippen LogP) is -0.652. The first-order chi connectivity index (χ1) is 8.13. The summed E-state index contributed by atoms with van der Waals surface area (Å²) in [4.78, 5) is 4.76. The van der Waals surface area contributed by atoms with Crippen LogP contribution in [0.2, 0.25) is 0 Å². The number of hydrogen-bond acceptors (Lipinski definition) is 5. The second-order valence-electron chi connectivity index (χ2n) is 4.80. The van der Waals surface area contributed by atoms with Crippen LogP contribution in [0.15, 0.2) is 5.16 Å². The van der Waals surface area contributed by atoms with E-state index in [4.69, 9.17) is 10.9 Å². The van der Waals surface area contributed by atoms with Crippen molar-refractivity contribution in [2.45, 2.75) is 18.9 Å². The molecule has 0 amide bonds. The molecule has 0 bridgehead atoms. The van der Waals surface area contributed by atoms with Crippen LogP contribution in [0, 0.1) is 0 Å². The lowest BCUT2D eigenvalue weighted by molar-refractivity contribution is 0.113. The van der Waals surface area contributed by atoms with Crippen molar-refractivity contribution < 1.29 is 5.21 Å². The van der Waals surface area contributed by atoms with Gasteiger partial charge in [0.2, 0.25) is 0 Å². The van der Waals surface area contributed by atoms with Crippen LogP contribution in [0.3, 0.4) is 0 Å². The summed E-state index contributed by atoms with van der Waals surface area (Å²) in [6, 6.07) is 0.581. The third-order valence-corrected chi connectivity index (χ3v) is 3.28. The fraction of sp³-hybridized carbons (Fsp3) is 0.909. The van der Waals surface area contributed by atoms with E-state index in [2.05, 4.69) is 34.4 Å². The minimum absolute atomic E-state index is 0.307. The van der Waals surface area contributed by atoms with Crippen molar-refractivity contribution in [3.8, 4) is 0 Å². The van der Waals surface area contributed by atoms with E-state index in [-0.39, 0.29) is 0 Å². The van der Waals surface area contributed by atoms with Gasteiger partial charge in [0.25, 0.3) is 0 Å². The zero-order valence-electron chi connectivity index (χ0n) is 10.9. The molecule has 1 saturated heterocycles. The standard InChI is InChI=1S/C11H25N5O/c1-15-6-7-16(2)10(9-15)8-13-5-3-4-11(12)14-17/h10,13,17H,3-9H2,1-2H3,(H2,12,14). The summed E-state index contributed by atoms with van der Waals surface area (Å²) in [5, 5.41) is 14.8. The molecule has 1 rings (SSSR count). The molecule has 1 atom stereocenters. The fourth-order valence-electron chi connectivity index (χ4n) is 2.04. The maximum Gasteiger partial charge on any atom is 0.139 e. The van der Waals surface area contributed by atoms with Gasteiger partial charge in [0.1, 0.15) is 5.84 Å². The minimum Gasteiger partial charge on any atom is -0.409 e. The summed E-state index contributed by atoms with van der Waals surface area (Å²) in [6.45, 7) is 5.30. The van der Waals surface area contributed by atoms with E-state index >= 15 is 0 Å². The Bertz CT molecular complexity index is 246. The number of nitrogens with one attached hydrogen (secondary N) is 1. The second kappa shape index (κ2) is 7.47. The van der Waals surface area contributed by atoms with Crippen LogP contribution in [0.25, 0.3) is 0 Å².